The minimum absolute atomic E-state index is 0.289. The lowest BCUT2D eigenvalue weighted by Crippen LogP contribution is -2.20. The van der Waals surface area contributed by atoms with E-state index in [9.17, 15) is 5.11 Å². The first-order chi connectivity index (χ1) is 9.22. The SMILES string of the molecule is OC(Cc1cc(Cl)cc2c1OCC2)CC1OCCO1. The Kier molecular flexibility index (Phi) is 3.93. The average Bonchev–Trinajstić information content (AvgIpc) is 2.99. The topological polar surface area (TPSA) is 47.9 Å². The Hall–Kier alpha value is -0.810. The maximum absolute atomic E-state index is 10.1. The lowest BCUT2D eigenvalue weighted by Gasteiger charge is -2.16. The summed E-state index contributed by atoms with van der Waals surface area (Å²) in [4.78, 5) is 0. The Bertz CT molecular complexity index is 457. The molecule has 2 aliphatic rings. The molecule has 19 heavy (non-hydrogen) atoms. The molecule has 0 radical (unpaired) electrons. The second-order valence-corrected chi connectivity index (χ2v) is 5.35. The summed E-state index contributed by atoms with van der Waals surface area (Å²) >= 11 is 6.10. The molecule has 0 saturated carbocycles. The van der Waals surface area contributed by atoms with E-state index in [4.69, 9.17) is 25.8 Å². The van der Waals surface area contributed by atoms with Gasteiger partial charge in [0.05, 0.1) is 25.9 Å². The Morgan fingerprint density at radius 2 is 2.05 bits per heavy atom. The van der Waals surface area contributed by atoms with Crippen LogP contribution in [0.1, 0.15) is 17.5 Å². The molecule has 2 heterocycles. The third kappa shape index (κ3) is 3.03. The number of ether oxygens (including phenoxy) is 3. The van der Waals surface area contributed by atoms with E-state index < -0.39 is 6.10 Å². The van der Waals surface area contributed by atoms with Gasteiger partial charge in [0.1, 0.15) is 5.75 Å². The highest BCUT2D eigenvalue weighted by Gasteiger charge is 2.23. The maximum atomic E-state index is 10.1. The fourth-order valence-corrected chi connectivity index (χ4v) is 2.86. The highest BCUT2D eigenvalue weighted by molar-refractivity contribution is 6.30. The summed E-state index contributed by atoms with van der Waals surface area (Å²) in [6.07, 6.45) is 1.05. The molecule has 4 nitrogen and oxygen atoms in total. The van der Waals surface area contributed by atoms with Crippen molar-refractivity contribution in [3.05, 3.63) is 28.3 Å². The zero-order valence-electron chi connectivity index (χ0n) is 10.6. The molecule has 0 aliphatic carbocycles. The van der Waals surface area contributed by atoms with Crippen LogP contribution in [-0.2, 0) is 22.3 Å². The summed E-state index contributed by atoms with van der Waals surface area (Å²) in [5.74, 6) is 0.886. The first-order valence-corrected chi connectivity index (χ1v) is 6.95. The van der Waals surface area contributed by atoms with Gasteiger partial charge in [0.15, 0.2) is 6.29 Å². The molecule has 0 amide bonds. The van der Waals surface area contributed by atoms with Gasteiger partial charge in [0.25, 0.3) is 0 Å². The van der Waals surface area contributed by atoms with Crippen LogP contribution in [0.5, 0.6) is 5.75 Å². The molecule has 104 valence electrons. The minimum Gasteiger partial charge on any atom is -0.493 e. The highest BCUT2D eigenvalue weighted by atomic mass is 35.5. The van der Waals surface area contributed by atoms with E-state index in [-0.39, 0.29) is 6.29 Å². The Morgan fingerprint density at radius 1 is 1.26 bits per heavy atom. The van der Waals surface area contributed by atoms with Gasteiger partial charge in [-0.3, -0.25) is 0 Å². The number of hydrogen-bond donors (Lipinski definition) is 1. The van der Waals surface area contributed by atoms with Crippen molar-refractivity contribution >= 4 is 11.6 Å². The fraction of sp³-hybridized carbons (Fsp3) is 0.571. The quantitative estimate of drug-likeness (QED) is 0.918. The Balaban J connectivity index is 1.68. The number of fused-ring (bicyclic) bond motifs is 1. The van der Waals surface area contributed by atoms with Crippen LogP contribution >= 0.6 is 11.6 Å². The van der Waals surface area contributed by atoms with Gasteiger partial charge in [-0.2, -0.15) is 0 Å². The fourth-order valence-electron chi connectivity index (χ4n) is 2.60. The van der Waals surface area contributed by atoms with Crippen molar-refractivity contribution in [2.45, 2.75) is 31.7 Å². The van der Waals surface area contributed by atoms with Crippen LogP contribution in [-0.4, -0.2) is 37.3 Å². The molecule has 1 aromatic carbocycles. The number of rotatable bonds is 4. The van der Waals surface area contributed by atoms with Gasteiger partial charge in [0.2, 0.25) is 0 Å². The third-order valence-electron chi connectivity index (χ3n) is 3.44. The average molecular weight is 285 g/mol. The predicted molar refractivity (Wildman–Crippen MR) is 70.7 cm³/mol. The number of aliphatic hydroxyl groups is 1. The first kappa shape index (κ1) is 13.2. The second kappa shape index (κ2) is 5.67. The van der Waals surface area contributed by atoms with E-state index in [2.05, 4.69) is 0 Å². The molecule has 1 atom stereocenters. The smallest absolute Gasteiger partial charge is 0.160 e. The maximum Gasteiger partial charge on any atom is 0.160 e. The second-order valence-electron chi connectivity index (χ2n) is 4.92. The van der Waals surface area contributed by atoms with Gasteiger partial charge in [-0.25, -0.2) is 0 Å². The molecule has 1 unspecified atom stereocenters. The molecule has 2 aliphatic heterocycles. The molecule has 1 aromatic rings. The van der Waals surface area contributed by atoms with Crippen molar-refractivity contribution in [2.75, 3.05) is 19.8 Å². The lowest BCUT2D eigenvalue weighted by atomic mass is 10.0. The molecule has 1 saturated heterocycles. The number of benzene rings is 1. The van der Waals surface area contributed by atoms with Crippen molar-refractivity contribution in [1.29, 1.82) is 0 Å². The summed E-state index contributed by atoms with van der Waals surface area (Å²) < 4.78 is 16.3. The molecular formula is C14H17ClO4. The van der Waals surface area contributed by atoms with Gasteiger partial charge in [-0.15, -0.1) is 0 Å². The van der Waals surface area contributed by atoms with E-state index in [1.165, 1.54) is 0 Å². The number of aliphatic hydroxyl groups excluding tert-OH is 1. The number of hydrogen-bond acceptors (Lipinski definition) is 4. The largest absolute Gasteiger partial charge is 0.493 e. The lowest BCUT2D eigenvalue weighted by molar-refractivity contribution is -0.0698. The summed E-state index contributed by atoms with van der Waals surface area (Å²) in [5, 5.41) is 10.8. The summed E-state index contributed by atoms with van der Waals surface area (Å²) in [6, 6.07) is 3.80. The van der Waals surface area contributed by atoms with Crippen LogP contribution in [0.2, 0.25) is 5.02 Å². The predicted octanol–water partition coefficient (Wildman–Crippen LogP) is 1.94. The minimum atomic E-state index is -0.519. The van der Waals surface area contributed by atoms with Crippen molar-refractivity contribution in [1.82, 2.24) is 0 Å². The van der Waals surface area contributed by atoms with Crippen LogP contribution in [0, 0.1) is 0 Å². The van der Waals surface area contributed by atoms with E-state index in [1.807, 2.05) is 12.1 Å². The number of halogens is 1. The molecule has 5 heteroatoms. The van der Waals surface area contributed by atoms with E-state index >= 15 is 0 Å². The Morgan fingerprint density at radius 3 is 2.84 bits per heavy atom. The van der Waals surface area contributed by atoms with Crippen molar-refractivity contribution in [3.63, 3.8) is 0 Å². The molecule has 0 spiro atoms. The normalized spacial score (nSPS) is 20.3. The zero-order chi connectivity index (χ0) is 13.2. The molecule has 0 bridgehead atoms. The molecule has 1 N–H and O–H groups in total. The van der Waals surface area contributed by atoms with Gasteiger partial charge in [-0.05, 0) is 23.3 Å². The zero-order valence-corrected chi connectivity index (χ0v) is 11.4. The summed E-state index contributed by atoms with van der Waals surface area (Å²) in [6.45, 7) is 1.90. The highest BCUT2D eigenvalue weighted by Crippen LogP contribution is 2.34. The third-order valence-corrected chi connectivity index (χ3v) is 3.65. The van der Waals surface area contributed by atoms with E-state index in [1.54, 1.807) is 0 Å². The molecular weight excluding hydrogens is 268 g/mol. The van der Waals surface area contributed by atoms with E-state index in [0.29, 0.717) is 37.7 Å². The monoisotopic (exact) mass is 284 g/mol. The van der Waals surface area contributed by atoms with Gasteiger partial charge >= 0.3 is 0 Å². The van der Waals surface area contributed by atoms with Crippen molar-refractivity contribution in [2.24, 2.45) is 0 Å². The Labute approximate surface area is 117 Å². The first-order valence-electron chi connectivity index (χ1n) is 6.58. The molecule has 0 aromatic heterocycles. The van der Waals surface area contributed by atoms with Crippen LogP contribution in [0.15, 0.2) is 12.1 Å². The summed E-state index contributed by atoms with van der Waals surface area (Å²) in [5.41, 5.74) is 2.09. The molecule has 3 rings (SSSR count). The van der Waals surface area contributed by atoms with Crippen molar-refractivity contribution < 1.29 is 19.3 Å². The van der Waals surface area contributed by atoms with Crippen molar-refractivity contribution in [3.8, 4) is 5.75 Å². The van der Waals surface area contributed by atoms with Gasteiger partial charge < -0.3 is 19.3 Å². The standard InChI is InChI=1S/C14H17ClO4/c15-11-5-9-1-2-19-14(9)10(6-11)7-12(16)8-13-17-3-4-18-13/h5-6,12-13,16H,1-4,7-8H2. The molecule has 1 fully saturated rings. The van der Waals surface area contributed by atoms with Crippen LogP contribution in [0.25, 0.3) is 0 Å². The van der Waals surface area contributed by atoms with E-state index in [0.717, 1.165) is 23.3 Å². The summed E-state index contributed by atoms with van der Waals surface area (Å²) in [7, 11) is 0. The van der Waals surface area contributed by atoms with Crippen LogP contribution in [0.3, 0.4) is 0 Å². The van der Waals surface area contributed by atoms with Crippen LogP contribution in [0.4, 0.5) is 0 Å². The van der Waals surface area contributed by atoms with Crippen LogP contribution < -0.4 is 4.74 Å². The van der Waals surface area contributed by atoms with Gasteiger partial charge in [0, 0.05) is 24.3 Å². The van der Waals surface area contributed by atoms with Gasteiger partial charge in [-0.1, -0.05) is 11.6 Å².